The highest BCUT2D eigenvalue weighted by Gasteiger charge is 2.09. The van der Waals surface area contributed by atoms with E-state index in [0.717, 1.165) is 21.9 Å². The molecule has 0 aromatic heterocycles. The lowest BCUT2D eigenvalue weighted by molar-refractivity contribution is -0.105. The minimum Gasteiger partial charge on any atom is -0.392 e. The van der Waals surface area contributed by atoms with E-state index < -0.39 is 0 Å². The van der Waals surface area contributed by atoms with Crippen LogP contribution in [-0.2, 0) is 16.1 Å². The van der Waals surface area contributed by atoms with Crippen molar-refractivity contribution in [1.82, 2.24) is 0 Å². The molecule has 2 aromatic rings. The van der Waals surface area contributed by atoms with Gasteiger partial charge in [-0.1, -0.05) is 24.3 Å². The first-order valence-corrected chi connectivity index (χ1v) is 5.47. The highest BCUT2D eigenvalue weighted by molar-refractivity contribution is 5.83. The van der Waals surface area contributed by atoms with Crippen molar-refractivity contribution in [3.8, 4) is 0 Å². The van der Waals surface area contributed by atoms with E-state index in [1.807, 2.05) is 36.4 Å². The predicted octanol–water partition coefficient (Wildman–Crippen LogP) is 2.62. The van der Waals surface area contributed by atoms with Gasteiger partial charge in [-0.25, -0.2) is 0 Å². The van der Waals surface area contributed by atoms with Crippen LogP contribution in [0.3, 0.4) is 0 Å². The number of hydrogen-bond acceptors (Lipinski definition) is 3. The van der Waals surface area contributed by atoms with E-state index in [1.165, 1.54) is 0 Å². The van der Waals surface area contributed by atoms with E-state index in [0.29, 0.717) is 0 Å². The minimum absolute atomic E-state index is 0.0537. The Morgan fingerprint density at radius 2 is 1.71 bits per heavy atom. The number of hydrogen-bond donors (Lipinski definition) is 1. The fourth-order valence-corrected chi connectivity index (χ4v) is 1.93. The lowest BCUT2D eigenvalue weighted by Gasteiger charge is -2.14. The molecule has 0 unspecified atom stereocenters. The standard InChI is InChI=1S/C14H16O3/c1-16-14(17-2)12-6-5-11-4-3-10(9-15)7-13(11)8-12/h3-8,14-15H,9H2,1-2H3. The van der Waals surface area contributed by atoms with Crippen molar-refractivity contribution < 1.29 is 14.6 Å². The van der Waals surface area contributed by atoms with Crippen molar-refractivity contribution >= 4 is 10.8 Å². The van der Waals surface area contributed by atoms with E-state index in [-0.39, 0.29) is 12.9 Å². The highest BCUT2D eigenvalue weighted by Crippen LogP contribution is 2.23. The molecule has 2 rings (SSSR count). The van der Waals surface area contributed by atoms with Gasteiger partial charge in [0.2, 0.25) is 0 Å². The molecule has 0 amide bonds. The van der Waals surface area contributed by atoms with Crippen LogP contribution < -0.4 is 0 Å². The van der Waals surface area contributed by atoms with Crippen LogP contribution in [0.2, 0.25) is 0 Å². The number of fused-ring (bicyclic) bond motifs is 1. The molecule has 0 bridgehead atoms. The van der Waals surface area contributed by atoms with Gasteiger partial charge >= 0.3 is 0 Å². The summed E-state index contributed by atoms with van der Waals surface area (Å²) < 4.78 is 10.4. The van der Waals surface area contributed by atoms with Crippen LogP contribution in [0.4, 0.5) is 0 Å². The summed E-state index contributed by atoms with van der Waals surface area (Å²) in [6, 6.07) is 11.9. The summed E-state index contributed by atoms with van der Waals surface area (Å²) in [5.74, 6) is 0. The van der Waals surface area contributed by atoms with Crippen LogP contribution in [0.1, 0.15) is 17.4 Å². The topological polar surface area (TPSA) is 38.7 Å². The van der Waals surface area contributed by atoms with E-state index in [1.54, 1.807) is 14.2 Å². The fourth-order valence-electron chi connectivity index (χ4n) is 1.93. The lowest BCUT2D eigenvalue weighted by Crippen LogP contribution is -2.03. The number of aliphatic hydroxyl groups is 1. The Labute approximate surface area is 101 Å². The third kappa shape index (κ3) is 2.47. The number of methoxy groups -OCH3 is 2. The maximum atomic E-state index is 9.12. The minimum atomic E-state index is -0.350. The Hall–Kier alpha value is -1.42. The van der Waals surface area contributed by atoms with Gasteiger partial charge < -0.3 is 14.6 Å². The molecule has 0 heterocycles. The van der Waals surface area contributed by atoms with Crippen LogP contribution in [0.15, 0.2) is 36.4 Å². The molecule has 0 spiro atoms. The average molecular weight is 232 g/mol. The lowest BCUT2D eigenvalue weighted by atomic mass is 10.0. The predicted molar refractivity (Wildman–Crippen MR) is 66.6 cm³/mol. The van der Waals surface area contributed by atoms with Gasteiger partial charge in [-0.15, -0.1) is 0 Å². The Bertz CT molecular complexity index is 504. The molecule has 90 valence electrons. The number of benzene rings is 2. The van der Waals surface area contributed by atoms with Crippen LogP contribution in [0.5, 0.6) is 0 Å². The summed E-state index contributed by atoms with van der Waals surface area (Å²) in [6.07, 6.45) is -0.350. The van der Waals surface area contributed by atoms with Gasteiger partial charge in [-0.05, 0) is 28.5 Å². The first-order chi connectivity index (χ1) is 8.28. The molecular weight excluding hydrogens is 216 g/mol. The normalized spacial score (nSPS) is 11.3. The molecule has 0 aliphatic rings. The fraction of sp³-hybridized carbons (Fsp3) is 0.286. The molecule has 0 aliphatic carbocycles. The van der Waals surface area contributed by atoms with E-state index in [4.69, 9.17) is 14.6 Å². The first-order valence-electron chi connectivity index (χ1n) is 5.47. The summed E-state index contributed by atoms with van der Waals surface area (Å²) in [5, 5.41) is 11.3. The Kier molecular flexibility index (Phi) is 3.74. The van der Waals surface area contributed by atoms with Crippen molar-refractivity contribution in [3.05, 3.63) is 47.5 Å². The number of aliphatic hydroxyl groups excluding tert-OH is 1. The van der Waals surface area contributed by atoms with Crippen molar-refractivity contribution in [1.29, 1.82) is 0 Å². The highest BCUT2D eigenvalue weighted by atomic mass is 16.7. The molecule has 0 atom stereocenters. The molecule has 0 aliphatic heterocycles. The van der Waals surface area contributed by atoms with Gasteiger partial charge in [-0.2, -0.15) is 0 Å². The van der Waals surface area contributed by atoms with Gasteiger partial charge in [-0.3, -0.25) is 0 Å². The second-order valence-corrected chi connectivity index (χ2v) is 3.90. The second-order valence-electron chi connectivity index (χ2n) is 3.90. The van der Waals surface area contributed by atoms with Crippen molar-refractivity contribution in [2.24, 2.45) is 0 Å². The van der Waals surface area contributed by atoms with Crippen LogP contribution >= 0.6 is 0 Å². The zero-order chi connectivity index (χ0) is 12.3. The Balaban J connectivity index is 2.47. The monoisotopic (exact) mass is 232 g/mol. The maximum absolute atomic E-state index is 9.12. The zero-order valence-electron chi connectivity index (χ0n) is 10.0. The third-order valence-corrected chi connectivity index (χ3v) is 2.81. The van der Waals surface area contributed by atoms with E-state index >= 15 is 0 Å². The molecule has 2 aromatic carbocycles. The summed E-state index contributed by atoms with van der Waals surface area (Å²) in [4.78, 5) is 0. The zero-order valence-corrected chi connectivity index (χ0v) is 10.0. The van der Waals surface area contributed by atoms with Crippen LogP contribution in [0, 0.1) is 0 Å². The molecule has 0 radical (unpaired) electrons. The average Bonchev–Trinajstić information content (AvgIpc) is 2.39. The summed E-state index contributed by atoms with van der Waals surface area (Å²) in [6.45, 7) is 0.0537. The molecule has 3 heteroatoms. The molecule has 0 saturated heterocycles. The molecule has 1 N–H and O–H groups in total. The van der Waals surface area contributed by atoms with E-state index in [9.17, 15) is 0 Å². The van der Waals surface area contributed by atoms with Crippen LogP contribution in [0.25, 0.3) is 10.8 Å². The largest absolute Gasteiger partial charge is 0.392 e. The smallest absolute Gasteiger partial charge is 0.183 e. The van der Waals surface area contributed by atoms with Crippen molar-refractivity contribution in [2.45, 2.75) is 12.9 Å². The Morgan fingerprint density at radius 1 is 1.00 bits per heavy atom. The maximum Gasteiger partial charge on any atom is 0.183 e. The summed E-state index contributed by atoms with van der Waals surface area (Å²) in [7, 11) is 3.23. The van der Waals surface area contributed by atoms with Gasteiger partial charge in [0, 0.05) is 19.8 Å². The van der Waals surface area contributed by atoms with Gasteiger partial charge in [0.15, 0.2) is 6.29 Å². The van der Waals surface area contributed by atoms with Gasteiger partial charge in [0.1, 0.15) is 0 Å². The molecule has 0 saturated carbocycles. The third-order valence-electron chi connectivity index (χ3n) is 2.81. The Morgan fingerprint density at radius 3 is 2.35 bits per heavy atom. The molecule has 3 nitrogen and oxygen atoms in total. The van der Waals surface area contributed by atoms with Crippen LogP contribution in [-0.4, -0.2) is 19.3 Å². The molecule has 0 fully saturated rings. The van der Waals surface area contributed by atoms with E-state index in [2.05, 4.69) is 0 Å². The first kappa shape index (κ1) is 12.0. The van der Waals surface area contributed by atoms with Crippen molar-refractivity contribution in [3.63, 3.8) is 0 Å². The molecular formula is C14H16O3. The second kappa shape index (κ2) is 5.27. The van der Waals surface area contributed by atoms with Gasteiger partial charge in [0.25, 0.3) is 0 Å². The summed E-state index contributed by atoms with van der Waals surface area (Å²) in [5.41, 5.74) is 1.87. The van der Waals surface area contributed by atoms with Crippen molar-refractivity contribution in [2.75, 3.05) is 14.2 Å². The SMILES string of the molecule is COC(OC)c1ccc2ccc(CO)cc2c1. The summed E-state index contributed by atoms with van der Waals surface area (Å²) >= 11 is 0. The molecule has 17 heavy (non-hydrogen) atoms. The number of ether oxygens (including phenoxy) is 2. The number of rotatable bonds is 4. The quantitative estimate of drug-likeness (QED) is 0.823. The van der Waals surface area contributed by atoms with Gasteiger partial charge in [0.05, 0.1) is 6.61 Å².